The number of ether oxygens (including phenoxy) is 1. The number of rotatable bonds is 5. The first kappa shape index (κ1) is 24.2. The Kier molecular flexibility index (Phi) is 11.6. The minimum Gasteiger partial charge on any atom is -0.457 e. The molecule has 1 heterocycles. The first-order valence-electron chi connectivity index (χ1n) is 5.86. The topological polar surface area (TPSA) is 134 Å². The second-order valence-corrected chi connectivity index (χ2v) is 6.13. The number of likely N-dealkylation sites (N-methyl/N-ethyl adjacent to an activating group) is 1. The molecule has 1 aromatic heterocycles. The highest BCUT2D eigenvalue weighted by atomic mass is 32.3. The lowest BCUT2D eigenvalue weighted by Gasteiger charge is -2.23. The average molecular weight is 390 g/mol. The zero-order valence-electron chi connectivity index (χ0n) is 13.0. The Bertz CT molecular complexity index is 665. The molecule has 24 heavy (non-hydrogen) atoms. The number of hydrogen-bond donors (Lipinski definition) is 0. The van der Waals surface area contributed by atoms with Crippen LogP contribution in [0.25, 0.3) is 0 Å². The molecule has 0 N–H and O–H groups in total. The standard InChI is InChI=1S/C8H16NO2.C2F2N3O2S.O2S/c1-5-8(10)11-7-6-9(2,3)4;3-1-5-2(7-6-1)10(4,8)9;1-3-2/h5H,1,6-7H2,2-4H3;;/q+1;-1;. The molecule has 0 saturated carbocycles. The lowest BCUT2D eigenvalue weighted by molar-refractivity contribution is -0.870. The minimum atomic E-state index is -5.01. The van der Waals surface area contributed by atoms with Gasteiger partial charge in [0.05, 0.1) is 21.1 Å². The summed E-state index contributed by atoms with van der Waals surface area (Å²) < 4.78 is 65.4. The van der Waals surface area contributed by atoms with Crippen molar-refractivity contribution in [2.24, 2.45) is 0 Å². The van der Waals surface area contributed by atoms with E-state index in [9.17, 15) is 21.5 Å². The smallest absolute Gasteiger partial charge is 0.337 e. The van der Waals surface area contributed by atoms with Crippen molar-refractivity contribution in [2.75, 3.05) is 34.3 Å². The zero-order chi connectivity index (χ0) is 19.4. The van der Waals surface area contributed by atoms with Gasteiger partial charge in [-0.2, -0.15) is 21.2 Å². The molecule has 0 aliphatic heterocycles. The van der Waals surface area contributed by atoms with Crippen LogP contribution in [0.5, 0.6) is 0 Å². The molecule has 1 rings (SSSR count). The third kappa shape index (κ3) is 14.9. The van der Waals surface area contributed by atoms with Crippen LogP contribution < -0.4 is 4.98 Å². The molecular weight excluding hydrogens is 374 g/mol. The van der Waals surface area contributed by atoms with Gasteiger partial charge in [-0.05, 0) is 0 Å². The molecule has 1 aromatic rings. The van der Waals surface area contributed by atoms with E-state index in [0.29, 0.717) is 6.61 Å². The summed E-state index contributed by atoms with van der Waals surface area (Å²) in [7, 11) is 1.12. The van der Waals surface area contributed by atoms with Gasteiger partial charge in [0.15, 0.2) is 6.08 Å². The molecule has 0 spiro atoms. The van der Waals surface area contributed by atoms with E-state index in [1.807, 2.05) is 21.1 Å². The van der Waals surface area contributed by atoms with Crippen molar-refractivity contribution < 1.29 is 39.1 Å². The van der Waals surface area contributed by atoms with Crippen molar-refractivity contribution >= 4 is 27.8 Å². The Labute approximate surface area is 140 Å². The van der Waals surface area contributed by atoms with E-state index in [4.69, 9.17) is 13.2 Å². The van der Waals surface area contributed by atoms with E-state index in [2.05, 4.69) is 21.8 Å². The van der Waals surface area contributed by atoms with Crippen LogP contribution in [-0.4, -0.2) is 71.8 Å². The molecule has 0 atom stereocenters. The maximum absolute atomic E-state index is 11.8. The number of carbonyl (C=O) groups is 1. The molecule has 0 radical (unpaired) electrons. The van der Waals surface area contributed by atoms with Crippen molar-refractivity contribution in [3.63, 3.8) is 0 Å². The quantitative estimate of drug-likeness (QED) is 0.268. The fourth-order valence-electron chi connectivity index (χ4n) is 0.790. The summed E-state index contributed by atoms with van der Waals surface area (Å²) in [5.41, 5.74) is 0. The van der Waals surface area contributed by atoms with Crippen LogP contribution in [0.2, 0.25) is 0 Å². The predicted molar refractivity (Wildman–Crippen MR) is 76.6 cm³/mol. The Morgan fingerprint density at radius 3 is 2.12 bits per heavy atom. The van der Waals surface area contributed by atoms with Crippen LogP contribution in [0.4, 0.5) is 8.28 Å². The Morgan fingerprint density at radius 2 is 1.88 bits per heavy atom. The van der Waals surface area contributed by atoms with Gasteiger partial charge in [0, 0.05) is 6.08 Å². The van der Waals surface area contributed by atoms with Gasteiger partial charge in [-0.3, -0.25) is 0 Å². The van der Waals surface area contributed by atoms with Crippen molar-refractivity contribution in [3.8, 4) is 0 Å². The van der Waals surface area contributed by atoms with E-state index < -0.39 is 33.0 Å². The molecule has 0 aromatic carbocycles. The lowest BCUT2D eigenvalue weighted by atomic mass is 10.5. The van der Waals surface area contributed by atoms with Gasteiger partial charge < -0.3 is 24.4 Å². The number of halogens is 2. The molecule has 0 aliphatic rings. The molecule has 0 amide bonds. The fraction of sp³-hybridized carbons (Fsp3) is 0.500. The second kappa shape index (κ2) is 11.5. The van der Waals surface area contributed by atoms with Crippen LogP contribution in [0.1, 0.15) is 0 Å². The summed E-state index contributed by atoms with van der Waals surface area (Å²) in [4.78, 5) is 13.1. The van der Waals surface area contributed by atoms with Gasteiger partial charge in [-0.15, -0.1) is 0 Å². The summed E-state index contributed by atoms with van der Waals surface area (Å²) >= 11 is -0.750. The Balaban J connectivity index is 0. The summed E-state index contributed by atoms with van der Waals surface area (Å²) in [6.45, 7) is 4.57. The van der Waals surface area contributed by atoms with E-state index in [1.165, 1.54) is 6.08 Å². The van der Waals surface area contributed by atoms with Gasteiger partial charge >= 0.3 is 27.8 Å². The maximum Gasteiger partial charge on any atom is 0.337 e. The van der Waals surface area contributed by atoms with Crippen molar-refractivity contribution in [1.82, 2.24) is 15.2 Å². The number of aromatic nitrogens is 3. The minimum absolute atomic E-state index is 0.349. The molecule has 10 nitrogen and oxygen atoms in total. The molecule has 0 saturated heterocycles. The van der Waals surface area contributed by atoms with Crippen LogP contribution >= 0.6 is 0 Å². The summed E-state index contributed by atoms with van der Waals surface area (Å²) in [5, 5.41) is 3.88. The molecule has 138 valence electrons. The lowest BCUT2D eigenvalue weighted by Crippen LogP contribution is -2.37. The van der Waals surface area contributed by atoms with Crippen LogP contribution in [0.3, 0.4) is 0 Å². The van der Waals surface area contributed by atoms with Crippen LogP contribution in [0.15, 0.2) is 17.8 Å². The highest BCUT2D eigenvalue weighted by Gasteiger charge is 2.09. The maximum atomic E-state index is 11.8. The first-order chi connectivity index (χ1) is 10.9. The monoisotopic (exact) mass is 390 g/mol. The van der Waals surface area contributed by atoms with Gasteiger partial charge in [0.1, 0.15) is 18.3 Å². The average Bonchev–Trinajstić information content (AvgIpc) is 2.85. The van der Waals surface area contributed by atoms with E-state index >= 15 is 0 Å². The number of nitrogens with zero attached hydrogens (tertiary/aromatic N) is 4. The molecule has 0 bridgehead atoms. The van der Waals surface area contributed by atoms with Crippen molar-refractivity contribution in [1.29, 1.82) is 0 Å². The normalized spacial score (nSPS) is 10.4. The van der Waals surface area contributed by atoms with E-state index in [1.54, 1.807) is 0 Å². The largest absolute Gasteiger partial charge is 0.457 e. The SMILES string of the molecule is C=CC(=O)OCC[N+](C)(C)C.O=S(=O)(F)c1nnc(F)[n-]1.O=S=O. The summed E-state index contributed by atoms with van der Waals surface area (Å²) in [5.74, 6) is -0.349. The highest BCUT2D eigenvalue weighted by molar-refractivity contribution is 7.86. The fourth-order valence-corrected chi connectivity index (χ4v) is 1.11. The Morgan fingerprint density at radius 1 is 1.38 bits per heavy atom. The zero-order valence-corrected chi connectivity index (χ0v) is 14.6. The third-order valence-electron chi connectivity index (χ3n) is 1.80. The molecule has 14 heteroatoms. The third-order valence-corrected chi connectivity index (χ3v) is 2.41. The van der Waals surface area contributed by atoms with Crippen LogP contribution in [0, 0.1) is 6.08 Å². The molecule has 0 unspecified atom stereocenters. The van der Waals surface area contributed by atoms with Gasteiger partial charge in [-0.25, -0.2) is 4.79 Å². The van der Waals surface area contributed by atoms with E-state index in [0.717, 1.165) is 11.0 Å². The predicted octanol–water partition coefficient (Wildman–Crippen LogP) is -1.02. The number of esters is 1. The van der Waals surface area contributed by atoms with Gasteiger partial charge in [0.25, 0.3) is 0 Å². The van der Waals surface area contributed by atoms with E-state index in [-0.39, 0.29) is 5.97 Å². The first-order valence-corrected chi connectivity index (χ1v) is 7.91. The molecule has 0 fully saturated rings. The number of quaternary nitrogens is 1. The number of hydrogen-bond acceptors (Lipinski definition) is 8. The summed E-state index contributed by atoms with van der Waals surface area (Å²) in [6.07, 6.45) is -0.188. The van der Waals surface area contributed by atoms with Crippen LogP contribution in [-0.2, 0) is 31.3 Å². The second-order valence-electron chi connectivity index (χ2n) is 4.75. The summed E-state index contributed by atoms with van der Waals surface area (Å²) in [6, 6.07) is 0. The highest BCUT2D eigenvalue weighted by Crippen LogP contribution is 2.02. The van der Waals surface area contributed by atoms with Crippen molar-refractivity contribution in [3.05, 3.63) is 18.7 Å². The van der Waals surface area contributed by atoms with Gasteiger partial charge in [0.2, 0.25) is 0 Å². The molecular formula is C10H16F2N4O6S2. The van der Waals surface area contributed by atoms with Gasteiger partial charge in [-0.1, -0.05) is 10.5 Å². The molecule has 0 aliphatic carbocycles. The number of carbonyl (C=O) groups excluding carboxylic acids is 1. The van der Waals surface area contributed by atoms with Crippen molar-refractivity contribution in [2.45, 2.75) is 5.16 Å². The Hall–Kier alpha value is -2.06.